The van der Waals surface area contributed by atoms with Gasteiger partial charge in [-0.3, -0.25) is 4.68 Å². The van der Waals surface area contributed by atoms with Crippen LogP contribution in [0.4, 0.5) is 0 Å². The maximum atomic E-state index is 4.31. The zero-order chi connectivity index (χ0) is 9.68. The van der Waals surface area contributed by atoms with Crippen molar-refractivity contribution in [3.05, 3.63) is 18.0 Å². The van der Waals surface area contributed by atoms with Crippen molar-refractivity contribution in [2.24, 2.45) is 0 Å². The van der Waals surface area contributed by atoms with E-state index in [0.717, 1.165) is 18.8 Å². The van der Waals surface area contributed by atoms with Gasteiger partial charge in [0.15, 0.2) is 0 Å². The third-order valence-electron chi connectivity index (χ3n) is 2.22. The molecule has 1 aromatic rings. The van der Waals surface area contributed by atoms with Gasteiger partial charge in [-0.25, -0.2) is 0 Å². The molecule has 3 heteroatoms. The van der Waals surface area contributed by atoms with E-state index in [1.165, 1.54) is 6.42 Å². The molecule has 74 valence electrons. The molecule has 13 heavy (non-hydrogen) atoms. The molecule has 0 spiro atoms. The summed E-state index contributed by atoms with van der Waals surface area (Å²) in [6.07, 6.45) is 3.20. The van der Waals surface area contributed by atoms with Gasteiger partial charge in [-0.2, -0.15) is 5.10 Å². The van der Waals surface area contributed by atoms with Crippen LogP contribution in [0.3, 0.4) is 0 Å². The molecule has 0 aliphatic rings. The minimum absolute atomic E-state index is 0.608. The molecule has 1 unspecified atom stereocenters. The fourth-order valence-electron chi connectivity index (χ4n) is 1.16. The van der Waals surface area contributed by atoms with Gasteiger partial charge >= 0.3 is 0 Å². The van der Waals surface area contributed by atoms with Crippen molar-refractivity contribution < 1.29 is 0 Å². The summed E-state index contributed by atoms with van der Waals surface area (Å²) in [5, 5.41) is 7.74. The topological polar surface area (TPSA) is 29.9 Å². The lowest BCUT2D eigenvalue weighted by Crippen LogP contribution is -2.28. The first-order chi connectivity index (χ1) is 6.22. The van der Waals surface area contributed by atoms with Crippen molar-refractivity contribution in [3.63, 3.8) is 0 Å². The average molecular weight is 181 g/mol. The lowest BCUT2D eigenvalue weighted by Gasteiger charge is -2.10. The number of nitrogens with zero attached hydrogens (tertiary/aromatic N) is 2. The van der Waals surface area contributed by atoms with Gasteiger partial charge in [0.25, 0.3) is 0 Å². The van der Waals surface area contributed by atoms with Crippen LogP contribution in [0.15, 0.2) is 12.3 Å². The van der Waals surface area contributed by atoms with Gasteiger partial charge in [0.05, 0.1) is 12.2 Å². The highest BCUT2D eigenvalue weighted by molar-refractivity contribution is 4.94. The molecule has 1 atom stereocenters. The van der Waals surface area contributed by atoms with Crippen LogP contribution in [0, 0.1) is 6.92 Å². The molecule has 0 fully saturated rings. The van der Waals surface area contributed by atoms with Crippen LogP contribution in [-0.2, 0) is 6.54 Å². The molecule has 1 rings (SSSR count). The number of rotatable bonds is 5. The molecular weight excluding hydrogens is 162 g/mol. The van der Waals surface area contributed by atoms with Gasteiger partial charge in [0, 0.05) is 18.8 Å². The Kier molecular flexibility index (Phi) is 3.96. The van der Waals surface area contributed by atoms with E-state index >= 15 is 0 Å². The highest BCUT2D eigenvalue weighted by Crippen LogP contribution is 1.92. The standard InChI is InChI=1S/C10H19N3/c1-4-9(2)11-6-8-13-7-5-10(3)12-13/h5,7,9,11H,4,6,8H2,1-3H3. The quantitative estimate of drug-likeness (QED) is 0.747. The van der Waals surface area contributed by atoms with Crippen LogP contribution >= 0.6 is 0 Å². The van der Waals surface area contributed by atoms with Crippen LogP contribution in [0.25, 0.3) is 0 Å². The monoisotopic (exact) mass is 181 g/mol. The summed E-state index contributed by atoms with van der Waals surface area (Å²) in [6.45, 7) is 8.36. The third kappa shape index (κ3) is 3.59. The second-order valence-corrected chi connectivity index (χ2v) is 3.48. The highest BCUT2D eigenvalue weighted by atomic mass is 15.3. The first-order valence-corrected chi connectivity index (χ1v) is 4.95. The van der Waals surface area contributed by atoms with Crippen LogP contribution in [0.1, 0.15) is 26.0 Å². The Morgan fingerprint density at radius 3 is 2.92 bits per heavy atom. The van der Waals surface area contributed by atoms with E-state index in [0.29, 0.717) is 6.04 Å². The van der Waals surface area contributed by atoms with Crippen molar-refractivity contribution >= 4 is 0 Å². The van der Waals surface area contributed by atoms with Crippen LogP contribution < -0.4 is 5.32 Å². The summed E-state index contributed by atoms with van der Waals surface area (Å²) in [4.78, 5) is 0. The Bertz CT molecular complexity index is 242. The van der Waals surface area contributed by atoms with E-state index in [4.69, 9.17) is 0 Å². The lowest BCUT2D eigenvalue weighted by atomic mass is 10.3. The van der Waals surface area contributed by atoms with Gasteiger partial charge in [0.2, 0.25) is 0 Å². The minimum atomic E-state index is 0.608. The molecule has 1 aromatic heterocycles. The zero-order valence-electron chi connectivity index (χ0n) is 8.75. The molecule has 0 bridgehead atoms. The SMILES string of the molecule is CCC(C)NCCn1ccc(C)n1. The summed E-state index contributed by atoms with van der Waals surface area (Å²) in [7, 11) is 0. The molecule has 3 nitrogen and oxygen atoms in total. The predicted octanol–water partition coefficient (Wildman–Crippen LogP) is 1.58. The second-order valence-electron chi connectivity index (χ2n) is 3.48. The van der Waals surface area contributed by atoms with Crippen molar-refractivity contribution in [1.29, 1.82) is 0 Å². The van der Waals surface area contributed by atoms with Crippen LogP contribution in [0.2, 0.25) is 0 Å². The van der Waals surface area contributed by atoms with E-state index in [1.54, 1.807) is 0 Å². The first-order valence-electron chi connectivity index (χ1n) is 4.95. The Hall–Kier alpha value is -0.830. The number of nitrogens with one attached hydrogen (secondary N) is 1. The van der Waals surface area contributed by atoms with E-state index in [1.807, 2.05) is 23.9 Å². The second kappa shape index (κ2) is 5.02. The summed E-state index contributed by atoms with van der Waals surface area (Å²) in [5.74, 6) is 0. The van der Waals surface area contributed by atoms with Crippen molar-refractivity contribution in [2.75, 3.05) is 6.54 Å². The molecule has 1 N–H and O–H groups in total. The van der Waals surface area contributed by atoms with Gasteiger partial charge in [-0.15, -0.1) is 0 Å². The van der Waals surface area contributed by atoms with Gasteiger partial charge in [-0.1, -0.05) is 6.92 Å². The average Bonchev–Trinajstić information content (AvgIpc) is 2.51. The smallest absolute Gasteiger partial charge is 0.0593 e. The molecule has 0 radical (unpaired) electrons. The van der Waals surface area contributed by atoms with E-state index in [9.17, 15) is 0 Å². The lowest BCUT2D eigenvalue weighted by molar-refractivity contribution is 0.486. The molecule has 0 saturated heterocycles. The summed E-state index contributed by atoms with van der Waals surface area (Å²) in [5.41, 5.74) is 1.09. The molecule has 0 aliphatic carbocycles. The number of hydrogen-bond donors (Lipinski definition) is 1. The molecule has 0 amide bonds. The number of aromatic nitrogens is 2. The van der Waals surface area contributed by atoms with Crippen molar-refractivity contribution in [2.45, 2.75) is 39.8 Å². The summed E-state index contributed by atoms with van der Waals surface area (Å²) < 4.78 is 1.98. The molecular formula is C10H19N3. The van der Waals surface area contributed by atoms with Crippen molar-refractivity contribution in [1.82, 2.24) is 15.1 Å². The maximum Gasteiger partial charge on any atom is 0.0593 e. The van der Waals surface area contributed by atoms with E-state index in [-0.39, 0.29) is 0 Å². The molecule has 0 aliphatic heterocycles. The largest absolute Gasteiger partial charge is 0.312 e. The first kappa shape index (κ1) is 10.3. The summed E-state index contributed by atoms with van der Waals surface area (Å²) in [6, 6.07) is 2.64. The van der Waals surface area contributed by atoms with Gasteiger partial charge < -0.3 is 5.32 Å². The maximum absolute atomic E-state index is 4.31. The summed E-state index contributed by atoms with van der Waals surface area (Å²) >= 11 is 0. The van der Waals surface area contributed by atoms with Gasteiger partial charge in [-0.05, 0) is 26.3 Å². The number of hydrogen-bond acceptors (Lipinski definition) is 2. The Labute approximate surface area is 80.1 Å². The number of aryl methyl sites for hydroxylation is 1. The Balaban J connectivity index is 2.20. The van der Waals surface area contributed by atoms with Crippen LogP contribution in [-0.4, -0.2) is 22.4 Å². The highest BCUT2D eigenvalue weighted by Gasteiger charge is 1.97. The fourth-order valence-corrected chi connectivity index (χ4v) is 1.16. The van der Waals surface area contributed by atoms with Crippen molar-refractivity contribution in [3.8, 4) is 0 Å². The fraction of sp³-hybridized carbons (Fsp3) is 0.700. The molecule has 0 saturated carbocycles. The molecule has 0 aromatic carbocycles. The van der Waals surface area contributed by atoms with E-state index in [2.05, 4.69) is 24.3 Å². The van der Waals surface area contributed by atoms with Gasteiger partial charge in [0.1, 0.15) is 0 Å². The third-order valence-corrected chi connectivity index (χ3v) is 2.22. The Morgan fingerprint density at radius 2 is 2.38 bits per heavy atom. The molecule has 1 heterocycles. The normalized spacial score (nSPS) is 13.2. The van der Waals surface area contributed by atoms with Crippen LogP contribution in [0.5, 0.6) is 0 Å². The minimum Gasteiger partial charge on any atom is -0.312 e. The predicted molar refractivity (Wildman–Crippen MR) is 54.7 cm³/mol. The van der Waals surface area contributed by atoms with E-state index < -0.39 is 0 Å². The zero-order valence-corrected chi connectivity index (χ0v) is 8.75. The Morgan fingerprint density at radius 1 is 1.62 bits per heavy atom.